The van der Waals surface area contributed by atoms with Crippen LogP contribution in [0.3, 0.4) is 0 Å². The maximum atomic E-state index is 4.69. The fraction of sp³-hybridized carbons (Fsp3) is 0.200. The first-order valence-electron chi connectivity index (χ1n) is 6.65. The monoisotopic (exact) mass is 282 g/mol. The molecule has 0 aliphatic carbocycles. The molecule has 1 aliphatic rings. The van der Waals surface area contributed by atoms with Crippen LogP contribution in [0.2, 0.25) is 0 Å². The molecule has 3 heterocycles. The summed E-state index contributed by atoms with van der Waals surface area (Å²) in [7, 11) is 0. The Labute approximate surface area is 121 Å². The van der Waals surface area contributed by atoms with E-state index in [4.69, 9.17) is 0 Å². The maximum Gasteiger partial charge on any atom is 0.163 e. The molecule has 0 saturated heterocycles. The summed E-state index contributed by atoms with van der Waals surface area (Å²) >= 11 is 1.64. The first-order valence-corrected chi connectivity index (χ1v) is 7.46. The van der Waals surface area contributed by atoms with Crippen molar-refractivity contribution < 1.29 is 0 Å². The molecule has 0 amide bonds. The number of fused-ring (bicyclic) bond motifs is 4. The zero-order valence-electron chi connectivity index (χ0n) is 11.3. The van der Waals surface area contributed by atoms with Gasteiger partial charge in [-0.1, -0.05) is 32.0 Å². The third kappa shape index (κ3) is 1.70. The summed E-state index contributed by atoms with van der Waals surface area (Å²) < 4.78 is 0. The second kappa shape index (κ2) is 4.24. The fourth-order valence-electron chi connectivity index (χ4n) is 2.36. The highest BCUT2D eigenvalue weighted by Crippen LogP contribution is 2.45. The van der Waals surface area contributed by atoms with Crippen LogP contribution in [0.25, 0.3) is 10.9 Å². The summed E-state index contributed by atoms with van der Waals surface area (Å²) in [5.74, 6) is 1.24. The molecule has 4 rings (SSSR count). The van der Waals surface area contributed by atoms with Gasteiger partial charge in [-0.25, -0.2) is 9.97 Å². The van der Waals surface area contributed by atoms with Crippen LogP contribution in [0.1, 0.15) is 25.5 Å². The lowest BCUT2D eigenvalue weighted by atomic mass is 10.1. The number of nitrogens with one attached hydrogen (secondary N) is 2. The van der Waals surface area contributed by atoms with Crippen LogP contribution in [0.4, 0.5) is 11.5 Å². The average molecular weight is 282 g/mol. The lowest BCUT2D eigenvalue weighted by Gasteiger charge is -2.17. The Kier molecular flexibility index (Phi) is 2.50. The molecule has 4 nitrogen and oxygen atoms in total. The molecule has 20 heavy (non-hydrogen) atoms. The number of anilines is 2. The lowest BCUT2D eigenvalue weighted by Crippen LogP contribution is -2.06. The topological polar surface area (TPSA) is 53.6 Å². The SMILES string of the molecule is CC(C)c1cnc2c(n1)Nc1c([nH]c3ccccc13)S2. The number of aromatic nitrogens is 3. The van der Waals surface area contributed by atoms with Crippen molar-refractivity contribution in [3.63, 3.8) is 0 Å². The quantitative estimate of drug-likeness (QED) is 0.547. The molecule has 2 N–H and O–H groups in total. The fourth-order valence-corrected chi connectivity index (χ4v) is 3.28. The standard InChI is InChI=1S/C15H14N4S/c1-8(2)11-7-16-15-13(17-11)19-12-9-5-3-4-6-10(9)18-14(12)20-15/h3-8,18H,1-2H3,(H,17,19). The van der Waals surface area contributed by atoms with E-state index in [0.29, 0.717) is 5.92 Å². The van der Waals surface area contributed by atoms with E-state index < -0.39 is 0 Å². The minimum Gasteiger partial charge on any atom is -0.348 e. The third-order valence-corrected chi connectivity index (χ3v) is 4.47. The first kappa shape index (κ1) is 11.8. The number of hydrogen-bond donors (Lipinski definition) is 2. The predicted molar refractivity (Wildman–Crippen MR) is 81.8 cm³/mol. The largest absolute Gasteiger partial charge is 0.348 e. The first-order chi connectivity index (χ1) is 9.72. The van der Waals surface area contributed by atoms with E-state index in [-0.39, 0.29) is 0 Å². The summed E-state index contributed by atoms with van der Waals surface area (Å²) in [6.07, 6.45) is 1.87. The zero-order chi connectivity index (χ0) is 13.7. The van der Waals surface area contributed by atoms with Crippen molar-refractivity contribution in [2.75, 3.05) is 5.32 Å². The molecule has 2 aromatic heterocycles. The van der Waals surface area contributed by atoms with E-state index in [1.165, 1.54) is 5.39 Å². The predicted octanol–water partition coefficient (Wildman–Crippen LogP) is 4.29. The number of hydrogen-bond acceptors (Lipinski definition) is 4. The third-order valence-electron chi connectivity index (χ3n) is 3.46. The molecule has 0 radical (unpaired) electrons. The summed E-state index contributed by atoms with van der Waals surface area (Å²) in [4.78, 5) is 12.6. The van der Waals surface area contributed by atoms with Gasteiger partial charge in [0.25, 0.3) is 0 Å². The zero-order valence-corrected chi connectivity index (χ0v) is 12.1. The Morgan fingerprint density at radius 2 is 2.05 bits per heavy atom. The van der Waals surface area contributed by atoms with Crippen LogP contribution >= 0.6 is 11.8 Å². The molecule has 100 valence electrons. The van der Waals surface area contributed by atoms with E-state index in [1.54, 1.807) is 11.8 Å². The molecule has 0 atom stereocenters. The van der Waals surface area contributed by atoms with Gasteiger partial charge in [-0.3, -0.25) is 0 Å². The van der Waals surface area contributed by atoms with Crippen molar-refractivity contribution in [1.82, 2.24) is 15.0 Å². The van der Waals surface area contributed by atoms with Gasteiger partial charge >= 0.3 is 0 Å². The molecule has 0 fully saturated rings. The molecule has 0 saturated carbocycles. The molecule has 0 unspecified atom stereocenters. The minimum atomic E-state index is 0.379. The highest BCUT2D eigenvalue weighted by Gasteiger charge is 2.22. The highest BCUT2D eigenvalue weighted by atomic mass is 32.2. The van der Waals surface area contributed by atoms with Crippen LogP contribution in [-0.2, 0) is 0 Å². The Bertz CT molecular complexity index is 807. The maximum absolute atomic E-state index is 4.69. The van der Waals surface area contributed by atoms with Crippen molar-refractivity contribution in [2.45, 2.75) is 29.8 Å². The summed E-state index contributed by atoms with van der Waals surface area (Å²) in [6.45, 7) is 4.26. The van der Waals surface area contributed by atoms with Gasteiger partial charge in [-0.05, 0) is 23.7 Å². The van der Waals surface area contributed by atoms with E-state index in [1.807, 2.05) is 12.3 Å². The van der Waals surface area contributed by atoms with E-state index in [2.05, 4.69) is 52.3 Å². The van der Waals surface area contributed by atoms with Crippen LogP contribution in [0.15, 0.2) is 40.5 Å². The summed E-state index contributed by atoms with van der Waals surface area (Å²) in [5.41, 5.74) is 3.25. The van der Waals surface area contributed by atoms with E-state index >= 15 is 0 Å². The molecule has 1 aromatic carbocycles. The van der Waals surface area contributed by atoms with Gasteiger partial charge in [-0.15, -0.1) is 0 Å². The van der Waals surface area contributed by atoms with Crippen LogP contribution < -0.4 is 5.32 Å². The van der Waals surface area contributed by atoms with Gasteiger partial charge in [-0.2, -0.15) is 0 Å². The Morgan fingerprint density at radius 3 is 2.90 bits per heavy atom. The highest BCUT2D eigenvalue weighted by molar-refractivity contribution is 7.99. The van der Waals surface area contributed by atoms with Gasteiger partial charge < -0.3 is 10.3 Å². The van der Waals surface area contributed by atoms with Gasteiger partial charge in [0, 0.05) is 10.9 Å². The summed E-state index contributed by atoms with van der Waals surface area (Å²) in [6, 6.07) is 8.29. The smallest absolute Gasteiger partial charge is 0.163 e. The molecular formula is C15H14N4S. The normalized spacial score (nSPS) is 13.2. The Hall–Kier alpha value is -2.01. The lowest BCUT2D eigenvalue weighted by molar-refractivity contribution is 0.801. The number of para-hydroxylation sites is 1. The molecule has 5 heteroatoms. The molecular weight excluding hydrogens is 268 g/mol. The van der Waals surface area contributed by atoms with Crippen molar-refractivity contribution in [3.8, 4) is 0 Å². The molecule has 3 aromatic rings. The Morgan fingerprint density at radius 1 is 1.20 bits per heavy atom. The van der Waals surface area contributed by atoms with Crippen molar-refractivity contribution >= 4 is 34.2 Å². The van der Waals surface area contributed by atoms with Crippen molar-refractivity contribution in [3.05, 3.63) is 36.2 Å². The van der Waals surface area contributed by atoms with Gasteiger partial charge in [0.15, 0.2) is 5.82 Å². The van der Waals surface area contributed by atoms with E-state index in [0.717, 1.165) is 32.8 Å². The van der Waals surface area contributed by atoms with Crippen molar-refractivity contribution in [1.29, 1.82) is 0 Å². The number of aromatic amines is 1. The number of rotatable bonds is 1. The van der Waals surface area contributed by atoms with Gasteiger partial charge in [0.1, 0.15) is 10.1 Å². The summed E-state index contributed by atoms with van der Waals surface area (Å²) in [5, 5.41) is 6.65. The van der Waals surface area contributed by atoms with E-state index in [9.17, 15) is 0 Å². The molecule has 0 bridgehead atoms. The van der Waals surface area contributed by atoms with Crippen molar-refractivity contribution in [2.24, 2.45) is 0 Å². The number of benzene rings is 1. The average Bonchev–Trinajstić information content (AvgIpc) is 2.81. The van der Waals surface area contributed by atoms with Crippen LogP contribution in [0.5, 0.6) is 0 Å². The van der Waals surface area contributed by atoms with Crippen LogP contribution in [0, 0.1) is 0 Å². The second-order valence-corrected chi connectivity index (χ2v) is 6.20. The van der Waals surface area contributed by atoms with Gasteiger partial charge in [0.2, 0.25) is 0 Å². The Balaban J connectivity index is 1.85. The molecule has 1 aliphatic heterocycles. The molecule has 0 spiro atoms. The number of nitrogens with zero attached hydrogens (tertiary/aromatic N) is 2. The van der Waals surface area contributed by atoms with Gasteiger partial charge in [0.05, 0.1) is 17.6 Å². The van der Waals surface area contributed by atoms with Crippen LogP contribution in [-0.4, -0.2) is 15.0 Å². The number of H-pyrrole nitrogens is 1. The second-order valence-electron chi connectivity index (χ2n) is 5.21. The minimum absolute atomic E-state index is 0.379.